The van der Waals surface area contributed by atoms with Gasteiger partial charge in [0.25, 0.3) is 0 Å². The fraction of sp³-hybridized carbons (Fsp3) is 0.615. The molecule has 1 unspecified atom stereocenters. The van der Waals surface area contributed by atoms with Crippen LogP contribution in [0.25, 0.3) is 0 Å². The van der Waals surface area contributed by atoms with E-state index in [2.05, 4.69) is 15.8 Å². The van der Waals surface area contributed by atoms with E-state index in [1.807, 2.05) is 20.8 Å². The second-order valence-corrected chi connectivity index (χ2v) is 4.47. The summed E-state index contributed by atoms with van der Waals surface area (Å²) in [6.07, 6.45) is 2.13. The van der Waals surface area contributed by atoms with Crippen LogP contribution in [0.1, 0.15) is 44.9 Å². The van der Waals surface area contributed by atoms with Crippen molar-refractivity contribution in [3.63, 3.8) is 0 Å². The van der Waals surface area contributed by atoms with Crippen LogP contribution < -0.4 is 10.6 Å². The number of amides is 2. The van der Waals surface area contributed by atoms with Crippen molar-refractivity contribution in [2.75, 3.05) is 5.32 Å². The molecule has 0 aliphatic heterocycles. The molecule has 1 heterocycles. The molecule has 0 aliphatic carbocycles. The van der Waals surface area contributed by atoms with E-state index in [9.17, 15) is 9.59 Å². The normalized spacial score (nSPS) is 12.0. The first kappa shape index (κ1) is 15.2. The molecule has 106 valence electrons. The summed E-state index contributed by atoms with van der Waals surface area (Å²) in [5.41, 5.74) is 1.65. The van der Waals surface area contributed by atoms with E-state index in [1.54, 1.807) is 0 Å². The lowest BCUT2D eigenvalue weighted by Crippen LogP contribution is -2.42. The Hall–Kier alpha value is -1.85. The fourth-order valence-electron chi connectivity index (χ4n) is 1.82. The Morgan fingerprint density at radius 2 is 2.05 bits per heavy atom. The zero-order valence-corrected chi connectivity index (χ0v) is 11.9. The number of carbonyl (C=O) groups is 2. The Balaban J connectivity index is 2.74. The molecule has 0 radical (unpaired) electrons. The Bertz CT molecular complexity index is 454. The molecular formula is C13H21N3O3. The Morgan fingerprint density at radius 1 is 1.37 bits per heavy atom. The van der Waals surface area contributed by atoms with E-state index in [1.165, 1.54) is 6.92 Å². The van der Waals surface area contributed by atoms with Crippen molar-refractivity contribution in [1.29, 1.82) is 0 Å². The maximum Gasteiger partial charge on any atom is 0.249 e. The first-order valence-corrected chi connectivity index (χ1v) is 6.52. The van der Waals surface area contributed by atoms with Crippen LogP contribution in [0.2, 0.25) is 0 Å². The molecular weight excluding hydrogens is 246 g/mol. The van der Waals surface area contributed by atoms with Gasteiger partial charge < -0.3 is 9.84 Å². The monoisotopic (exact) mass is 267 g/mol. The van der Waals surface area contributed by atoms with Crippen LogP contribution in [0.4, 0.5) is 5.88 Å². The van der Waals surface area contributed by atoms with Crippen LogP contribution in [0, 0.1) is 6.92 Å². The predicted molar refractivity (Wildman–Crippen MR) is 71.8 cm³/mol. The van der Waals surface area contributed by atoms with E-state index in [4.69, 9.17) is 4.52 Å². The van der Waals surface area contributed by atoms with Crippen molar-refractivity contribution in [2.45, 2.75) is 53.0 Å². The summed E-state index contributed by atoms with van der Waals surface area (Å²) in [5, 5.41) is 9.18. The highest BCUT2D eigenvalue weighted by atomic mass is 16.5. The summed E-state index contributed by atoms with van der Waals surface area (Å²) in [5.74, 6) is -0.149. The molecule has 0 bridgehead atoms. The number of hydrogen-bond donors (Lipinski definition) is 2. The molecule has 2 N–H and O–H groups in total. The average Bonchev–Trinajstić information content (AvgIpc) is 2.69. The molecule has 6 heteroatoms. The minimum absolute atomic E-state index is 0.225. The molecule has 0 saturated carbocycles. The minimum Gasteiger partial charge on any atom is -0.345 e. The van der Waals surface area contributed by atoms with Crippen LogP contribution >= 0.6 is 0 Å². The summed E-state index contributed by atoms with van der Waals surface area (Å²) >= 11 is 0. The molecule has 0 spiro atoms. The second-order valence-electron chi connectivity index (χ2n) is 4.47. The standard InChI is InChI=1S/C13H21N3O3/c1-5-7-11(14-9(4)17)12(18)15-13-8(3)10(6-2)16-19-13/h11H,5-7H2,1-4H3,(H,14,17)(H,15,18). The summed E-state index contributed by atoms with van der Waals surface area (Å²) in [6, 6.07) is -0.544. The third-order valence-electron chi connectivity index (χ3n) is 2.86. The van der Waals surface area contributed by atoms with Crippen LogP contribution in [-0.4, -0.2) is 23.0 Å². The van der Waals surface area contributed by atoms with Crippen LogP contribution in [0.5, 0.6) is 0 Å². The van der Waals surface area contributed by atoms with Gasteiger partial charge in [0.2, 0.25) is 17.7 Å². The maximum absolute atomic E-state index is 12.1. The van der Waals surface area contributed by atoms with Gasteiger partial charge in [0.1, 0.15) is 6.04 Å². The number of aromatic nitrogens is 1. The smallest absolute Gasteiger partial charge is 0.249 e. The van der Waals surface area contributed by atoms with Gasteiger partial charge in [0.15, 0.2) is 0 Å². The quantitative estimate of drug-likeness (QED) is 0.823. The lowest BCUT2D eigenvalue weighted by molar-refractivity contribution is -0.125. The first-order chi connectivity index (χ1) is 8.99. The molecule has 0 saturated heterocycles. The SMILES string of the molecule is CCCC(NC(C)=O)C(=O)Nc1onc(CC)c1C. The van der Waals surface area contributed by atoms with Gasteiger partial charge >= 0.3 is 0 Å². The molecule has 1 atom stereocenters. The molecule has 1 rings (SSSR count). The van der Waals surface area contributed by atoms with E-state index in [0.717, 1.165) is 24.1 Å². The maximum atomic E-state index is 12.1. The molecule has 0 aromatic carbocycles. The number of nitrogens with zero attached hydrogens (tertiary/aromatic N) is 1. The molecule has 2 amide bonds. The second kappa shape index (κ2) is 6.92. The van der Waals surface area contributed by atoms with Gasteiger partial charge in [0, 0.05) is 12.5 Å². The number of aryl methyl sites for hydroxylation is 1. The highest BCUT2D eigenvalue weighted by Crippen LogP contribution is 2.19. The molecule has 1 aromatic rings. The summed E-state index contributed by atoms with van der Waals surface area (Å²) in [6.45, 7) is 7.16. The van der Waals surface area contributed by atoms with E-state index in [0.29, 0.717) is 12.3 Å². The van der Waals surface area contributed by atoms with E-state index in [-0.39, 0.29) is 11.8 Å². The minimum atomic E-state index is -0.544. The molecule has 1 aromatic heterocycles. The molecule has 0 aliphatic rings. The summed E-state index contributed by atoms with van der Waals surface area (Å²) in [7, 11) is 0. The van der Waals surface area contributed by atoms with Crippen LogP contribution in [0.15, 0.2) is 4.52 Å². The van der Waals surface area contributed by atoms with Gasteiger partial charge in [-0.15, -0.1) is 0 Å². The average molecular weight is 267 g/mol. The van der Waals surface area contributed by atoms with Crippen molar-refractivity contribution in [2.24, 2.45) is 0 Å². The van der Waals surface area contributed by atoms with Crippen molar-refractivity contribution in [3.8, 4) is 0 Å². The summed E-state index contributed by atoms with van der Waals surface area (Å²) < 4.78 is 5.10. The van der Waals surface area contributed by atoms with Crippen LogP contribution in [-0.2, 0) is 16.0 Å². The largest absolute Gasteiger partial charge is 0.345 e. The summed E-state index contributed by atoms with van der Waals surface area (Å²) in [4.78, 5) is 23.2. The number of nitrogens with one attached hydrogen (secondary N) is 2. The zero-order valence-electron chi connectivity index (χ0n) is 11.9. The van der Waals surface area contributed by atoms with Crippen molar-refractivity contribution in [3.05, 3.63) is 11.3 Å². The molecule has 6 nitrogen and oxygen atoms in total. The third kappa shape index (κ3) is 4.08. The van der Waals surface area contributed by atoms with Gasteiger partial charge in [-0.25, -0.2) is 0 Å². The predicted octanol–water partition coefficient (Wildman–Crippen LogP) is 1.79. The van der Waals surface area contributed by atoms with Gasteiger partial charge in [-0.3, -0.25) is 14.9 Å². The van der Waals surface area contributed by atoms with Gasteiger partial charge in [-0.05, 0) is 19.8 Å². The molecule has 0 fully saturated rings. The Kier molecular flexibility index (Phi) is 5.54. The number of carbonyl (C=O) groups excluding carboxylic acids is 2. The van der Waals surface area contributed by atoms with Crippen molar-refractivity contribution >= 4 is 17.7 Å². The Morgan fingerprint density at radius 3 is 2.53 bits per heavy atom. The third-order valence-corrected chi connectivity index (χ3v) is 2.86. The van der Waals surface area contributed by atoms with E-state index >= 15 is 0 Å². The first-order valence-electron chi connectivity index (χ1n) is 6.52. The number of anilines is 1. The lowest BCUT2D eigenvalue weighted by atomic mass is 10.1. The number of hydrogen-bond acceptors (Lipinski definition) is 4. The highest BCUT2D eigenvalue weighted by Gasteiger charge is 2.21. The van der Waals surface area contributed by atoms with Gasteiger partial charge in [0.05, 0.1) is 5.69 Å². The Labute approximate surface area is 112 Å². The topological polar surface area (TPSA) is 84.2 Å². The van der Waals surface area contributed by atoms with Crippen molar-refractivity contribution in [1.82, 2.24) is 10.5 Å². The molecule has 19 heavy (non-hydrogen) atoms. The van der Waals surface area contributed by atoms with Gasteiger partial charge in [-0.1, -0.05) is 25.4 Å². The zero-order chi connectivity index (χ0) is 14.4. The fourth-order valence-corrected chi connectivity index (χ4v) is 1.82. The van der Waals surface area contributed by atoms with Crippen LogP contribution in [0.3, 0.4) is 0 Å². The number of rotatable bonds is 6. The highest BCUT2D eigenvalue weighted by molar-refractivity contribution is 5.96. The van der Waals surface area contributed by atoms with E-state index < -0.39 is 6.04 Å². The lowest BCUT2D eigenvalue weighted by Gasteiger charge is -2.15. The van der Waals surface area contributed by atoms with Crippen molar-refractivity contribution < 1.29 is 14.1 Å². The van der Waals surface area contributed by atoms with Gasteiger partial charge in [-0.2, -0.15) is 0 Å².